The summed E-state index contributed by atoms with van der Waals surface area (Å²) in [5.74, 6) is -0.123. The molecule has 6 nitrogen and oxygen atoms in total. The van der Waals surface area contributed by atoms with E-state index in [1.807, 2.05) is 31.2 Å². The van der Waals surface area contributed by atoms with Crippen LogP contribution in [0.2, 0.25) is 0 Å². The summed E-state index contributed by atoms with van der Waals surface area (Å²) in [6, 6.07) is 6.75. The summed E-state index contributed by atoms with van der Waals surface area (Å²) < 4.78 is 5.59. The van der Waals surface area contributed by atoms with Crippen LogP contribution in [0.3, 0.4) is 0 Å². The lowest BCUT2D eigenvalue weighted by Crippen LogP contribution is -2.45. The highest BCUT2D eigenvalue weighted by Gasteiger charge is 2.19. The number of likely N-dealkylation sites (N-methyl/N-ethyl adjacent to an activating group) is 1. The van der Waals surface area contributed by atoms with Crippen molar-refractivity contribution >= 4 is 11.8 Å². The van der Waals surface area contributed by atoms with Crippen molar-refractivity contribution < 1.29 is 14.3 Å². The monoisotopic (exact) mass is 279 g/mol. The van der Waals surface area contributed by atoms with Crippen LogP contribution in [0.1, 0.15) is 12.0 Å². The van der Waals surface area contributed by atoms with Crippen molar-refractivity contribution in [3.63, 3.8) is 0 Å². The summed E-state index contributed by atoms with van der Waals surface area (Å²) in [5.41, 5.74) is 11.6. The second-order valence-electron chi connectivity index (χ2n) is 4.65. The Morgan fingerprint density at radius 3 is 2.60 bits per heavy atom. The van der Waals surface area contributed by atoms with Crippen LogP contribution in [0, 0.1) is 6.92 Å². The predicted molar refractivity (Wildman–Crippen MR) is 76.1 cm³/mol. The zero-order valence-electron chi connectivity index (χ0n) is 11.8. The zero-order chi connectivity index (χ0) is 15.1. The van der Waals surface area contributed by atoms with E-state index in [0.717, 1.165) is 11.3 Å². The Morgan fingerprint density at radius 1 is 1.35 bits per heavy atom. The molecule has 0 aromatic heterocycles. The molecule has 0 radical (unpaired) electrons. The van der Waals surface area contributed by atoms with Gasteiger partial charge >= 0.3 is 0 Å². The molecule has 110 valence electrons. The van der Waals surface area contributed by atoms with E-state index < -0.39 is 11.9 Å². The van der Waals surface area contributed by atoms with Gasteiger partial charge < -0.3 is 21.1 Å². The number of hydrogen-bond acceptors (Lipinski definition) is 4. The van der Waals surface area contributed by atoms with Crippen LogP contribution >= 0.6 is 0 Å². The summed E-state index contributed by atoms with van der Waals surface area (Å²) in [5, 5.41) is 0. The van der Waals surface area contributed by atoms with E-state index in [0.29, 0.717) is 13.2 Å². The van der Waals surface area contributed by atoms with Crippen LogP contribution in [0.5, 0.6) is 5.75 Å². The molecule has 1 aromatic carbocycles. The van der Waals surface area contributed by atoms with Crippen molar-refractivity contribution in [2.45, 2.75) is 19.4 Å². The van der Waals surface area contributed by atoms with Crippen LogP contribution < -0.4 is 16.2 Å². The number of rotatable bonds is 7. The van der Waals surface area contributed by atoms with Crippen molar-refractivity contribution in [1.29, 1.82) is 0 Å². The van der Waals surface area contributed by atoms with Gasteiger partial charge in [-0.2, -0.15) is 0 Å². The Balaban J connectivity index is 2.40. The number of aryl methyl sites for hydroxylation is 1. The van der Waals surface area contributed by atoms with Crippen molar-refractivity contribution in [2.24, 2.45) is 11.5 Å². The lowest BCUT2D eigenvalue weighted by Gasteiger charge is -2.21. The molecule has 0 aliphatic carbocycles. The van der Waals surface area contributed by atoms with E-state index in [9.17, 15) is 9.59 Å². The molecular weight excluding hydrogens is 258 g/mol. The van der Waals surface area contributed by atoms with Gasteiger partial charge in [0.05, 0.1) is 19.0 Å². The van der Waals surface area contributed by atoms with Crippen molar-refractivity contribution in [2.75, 3.05) is 20.2 Å². The zero-order valence-corrected chi connectivity index (χ0v) is 11.8. The summed E-state index contributed by atoms with van der Waals surface area (Å²) in [4.78, 5) is 24.0. The Hall–Kier alpha value is -2.08. The number of carbonyl (C=O) groups is 2. The highest BCUT2D eigenvalue weighted by molar-refractivity contribution is 5.87. The molecule has 0 heterocycles. The molecular formula is C14H21N3O3. The normalized spacial score (nSPS) is 11.8. The SMILES string of the molecule is Cc1ccccc1OCCN(C)C(=O)C(N)CC(N)=O. The van der Waals surface area contributed by atoms with Crippen LogP contribution in [0.4, 0.5) is 0 Å². The lowest BCUT2D eigenvalue weighted by atomic mass is 10.2. The van der Waals surface area contributed by atoms with Gasteiger partial charge in [0.15, 0.2) is 0 Å². The first kappa shape index (κ1) is 16.0. The van der Waals surface area contributed by atoms with Crippen LogP contribution in [0.25, 0.3) is 0 Å². The average Bonchev–Trinajstić information content (AvgIpc) is 2.39. The van der Waals surface area contributed by atoms with Gasteiger partial charge in [0, 0.05) is 7.05 Å². The van der Waals surface area contributed by atoms with Crippen LogP contribution in [0.15, 0.2) is 24.3 Å². The van der Waals surface area contributed by atoms with E-state index >= 15 is 0 Å². The van der Waals surface area contributed by atoms with Crippen molar-refractivity contribution in [3.8, 4) is 5.75 Å². The third kappa shape index (κ3) is 4.89. The largest absolute Gasteiger partial charge is 0.491 e. The van der Waals surface area contributed by atoms with Crippen LogP contribution in [-0.4, -0.2) is 43.0 Å². The fourth-order valence-corrected chi connectivity index (χ4v) is 1.71. The molecule has 4 N–H and O–H groups in total. The number of benzene rings is 1. The summed E-state index contributed by atoms with van der Waals surface area (Å²) in [7, 11) is 1.62. The molecule has 0 saturated carbocycles. The topological polar surface area (TPSA) is 98.7 Å². The van der Waals surface area contributed by atoms with Gasteiger partial charge in [-0.1, -0.05) is 18.2 Å². The summed E-state index contributed by atoms with van der Waals surface area (Å²) in [6.45, 7) is 2.70. The fraction of sp³-hybridized carbons (Fsp3) is 0.429. The molecule has 1 unspecified atom stereocenters. The second kappa shape index (κ2) is 7.49. The first-order chi connectivity index (χ1) is 9.41. The maximum atomic E-state index is 11.8. The smallest absolute Gasteiger partial charge is 0.239 e. The lowest BCUT2D eigenvalue weighted by molar-refractivity contribution is -0.133. The molecule has 2 amide bonds. The third-order valence-electron chi connectivity index (χ3n) is 2.89. The number of nitrogens with zero attached hydrogens (tertiary/aromatic N) is 1. The minimum Gasteiger partial charge on any atom is -0.491 e. The van der Waals surface area contributed by atoms with Crippen molar-refractivity contribution in [1.82, 2.24) is 4.90 Å². The molecule has 0 bridgehead atoms. The second-order valence-corrected chi connectivity index (χ2v) is 4.65. The van der Waals surface area contributed by atoms with E-state index in [1.54, 1.807) is 7.05 Å². The van der Waals surface area contributed by atoms with Crippen molar-refractivity contribution in [3.05, 3.63) is 29.8 Å². The Kier molecular flexibility index (Phi) is 5.99. The molecule has 0 saturated heterocycles. The van der Waals surface area contributed by atoms with Gasteiger partial charge in [-0.25, -0.2) is 0 Å². The molecule has 6 heteroatoms. The van der Waals surface area contributed by atoms with Gasteiger partial charge in [-0.3, -0.25) is 9.59 Å². The molecule has 1 rings (SSSR count). The first-order valence-corrected chi connectivity index (χ1v) is 6.39. The molecule has 0 aliphatic heterocycles. The highest BCUT2D eigenvalue weighted by atomic mass is 16.5. The van der Waals surface area contributed by atoms with Crippen LogP contribution in [-0.2, 0) is 9.59 Å². The van der Waals surface area contributed by atoms with Gasteiger partial charge in [0.1, 0.15) is 12.4 Å². The summed E-state index contributed by atoms with van der Waals surface area (Å²) >= 11 is 0. The molecule has 0 aliphatic rings. The van der Waals surface area contributed by atoms with E-state index in [2.05, 4.69) is 0 Å². The maximum Gasteiger partial charge on any atom is 0.239 e. The standard InChI is InChI=1S/C14H21N3O3/c1-10-5-3-4-6-12(10)20-8-7-17(2)14(19)11(15)9-13(16)18/h3-6,11H,7-9,15H2,1-2H3,(H2,16,18). The van der Waals surface area contributed by atoms with Gasteiger partial charge in [0.25, 0.3) is 0 Å². The maximum absolute atomic E-state index is 11.8. The number of nitrogens with two attached hydrogens (primary N) is 2. The first-order valence-electron chi connectivity index (χ1n) is 6.39. The van der Waals surface area contributed by atoms with Gasteiger partial charge in [0.2, 0.25) is 11.8 Å². The molecule has 1 aromatic rings. The quantitative estimate of drug-likeness (QED) is 0.736. The fourth-order valence-electron chi connectivity index (χ4n) is 1.71. The number of amides is 2. The Morgan fingerprint density at radius 2 is 2.00 bits per heavy atom. The van der Waals surface area contributed by atoms with E-state index in [1.165, 1.54) is 4.90 Å². The molecule has 20 heavy (non-hydrogen) atoms. The average molecular weight is 279 g/mol. The number of ether oxygens (including phenoxy) is 1. The number of primary amides is 1. The van der Waals surface area contributed by atoms with Gasteiger partial charge in [-0.15, -0.1) is 0 Å². The predicted octanol–water partition coefficient (Wildman–Crippen LogP) is 0.0349. The number of carbonyl (C=O) groups excluding carboxylic acids is 2. The molecule has 1 atom stereocenters. The van der Waals surface area contributed by atoms with E-state index in [-0.39, 0.29) is 12.3 Å². The Bertz CT molecular complexity index is 476. The van der Waals surface area contributed by atoms with Gasteiger partial charge in [-0.05, 0) is 18.6 Å². The molecule has 0 fully saturated rings. The van der Waals surface area contributed by atoms with E-state index in [4.69, 9.17) is 16.2 Å². The summed E-state index contributed by atoms with van der Waals surface area (Å²) in [6.07, 6.45) is -0.151. The number of para-hydroxylation sites is 1. The Labute approximate surface area is 118 Å². The highest BCUT2D eigenvalue weighted by Crippen LogP contribution is 2.15. The third-order valence-corrected chi connectivity index (χ3v) is 2.89. The minimum atomic E-state index is -0.893. The minimum absolute atomic E-state index is 0.151. The number of hydrogen-bond donors (Lipinski definition) is 2. The molecule has 0 spiro atoms.